The maximum atomic E-state index is 8.58. The number of rotatable bonds is 0. The highest BCUT2D eigenvalue weighted by atomic mass is 16.1. The first-order valence-corrected chi connectivity index (χ1v) is 5.17. The molecule has 2 nitrogen and oxygen atoms in total. The standard InChI is InChI=1S/C10H20.CH3NO/c1-10(2,3)9-7-5-4-6-8-9;2-1-3/h9H,4-8H2,1-3H3;1H,(H2,2,3). The maximum absolute atomic E-state index is 8.58. The van der Waals surface area contributed by atoms with Crippen molar-refractivity contribution < 1.29 is 4.79 Å². The van der Waals surface area contributed by atoms with Gasteiger partial charge in [0, 0.05) is 0 Å². The van der Waals surface area contributed by atoms with Gasteiger partial charge in [0.05, 0.1) is 0 Å². The number of nitrogens with two attached hydrogens (primary N) is 1. The lowest BCUT2D eigenvalue weighted by atomic mass is 9.72. The molecular weight excluding hydrogens is 162 g/mol. The second-order valence-corrected chi connectivity index (χ2v) is 4.84. The quantitative estimate of drug-likeness (QED) is 0.579. The van der Waals surface area contributed by atoms with Gasteiger partial charge in [-0.15, -0.1) is 0 Å². The first-order chi connectivity index (χ1) is 6.02. The van der Waals surface area contributed by atoms with Crippen LogP contribution in [0.1, 0.15) is 52.9 Å². The van der Waals surface area contributed by atoms with E-state index in [1.807, 2.05) is 0 Å². The Morgan fingerprint density at radius 2 is 1.54 bits per heavy atom. The van der Waals surface area contributed by atoms with E-state index in [0.29, 0.717) is 5.41 Å². The Kier molecular flexibility index (Phi) is 5.76. The van der Waals surface area contributed by atoms with E-state index < -0.39 is 0 Å². The lowest BCUT2D eigenvalue weighted by Gasteiger charge is -2.33. The van der Waals surface area contributed by atoms with E-state index >= 15 is 0 Å². The van der Waals surface area contributed by atoms with Crippen LogP contribution >= 0.6 is 0 Å². The van der Waals surface area contributed by atoms with Crippen LogP contribution < -0.4 is 5.73 Å². The number of hydrogen-bond donors (Lipinski definition) is 1. The predicted molar refractivity (Wildman–Crippen MR) is 56.3 cm³/mol. The van der Waals surface area contributed by atoms with Crippen molar-refractivity contribution in [2.75, 3.05) is 0 Å². The Hall–Kier alpha value is -0.530. The SMILES string of the molecule is CC(C)(C)C1CCCCC1.NC=O. The van der Waals surface area contributed by atoms with Gasteiger partial charge in [-0.25, -0.2) is 0 Å². The van der Waals surface area contributed by atoms with Crippen LogP contribution in [-0.4, -0.2) is 6.41 Å². The summed E-state index contributed by atoms with van der Waals surface area (Å²) in [6.07, 6.45) is 7.63. The minimum atomic E-state index is 0.250. The fraction of sp³-hybridized carbons (Fsp3) is 0.909. The second-order valence-electron chi connectivity index (χ2n) is 4.84. The van der Waals surface area contributed by atoms with Gasteiger partial charge in [-0.1, -0.05) is 40.0 Å². The Balaban J connectivity index is 0.000000424. The summed E-state index contributed by atoms with van der Waals surface area (Å²) < 4.78 is 0. The van der Waals surface area contributed by atoms with Crippen LogP contribution in [-0.2, 0) is 4.79 Å². The molecule has 1 aliphatic carbocycles. The third-order valence-electron chi connectivity index (χ3n) is 2.83. The summed E-state index contributed by atoms with van der Waals surface area (Å²) in [6.45, 7) is 7.13. The number of primary amides is 1. The smallest absolute Gasteiger partial charge is 0.204 e. The van der Waals surface area contributed by atoms with Gasteiger partial charge in [-0.2, -0.15) is 0 Å². The van der Waals surface area contributed by atoms with Crippen molar-refractivity contribution in [1.29, 1.82) is 0 Å². The zero-order valence-corrected chi connectivity index (χ0v) is 9.18. The molecule has 0 radical (unpaired) electrons. The Labute approximate surface area is 81.9 Å². The molecule has 1 fully saturated rings. The molecule has 1 rings (SSSR count). The van der Waals surface area contributed by atoms with Gasteiger partial charge in [0.1, 0.15) is 0 Å². The average Bonchev–Trinajstić information content (AvgIpc) is 2.06. The molecule has 2 N–H and O–H groups in total. The second kappa shape index (κ2) is 6.01. The normalized spacial score (nSPS) is 18.7. The minimum absolute atomic E-state index is 0.250. The van der Waals surface area contributed by atoms with E-state index in [1.54, 1.807) is 0 Å². The fourth-order valence-electron chi connectivity index (χ4n) is 1.97. The molecule has 0 unspecified atom stereocenters. The molecule has 0 aliphatic heterocycles. The molecule has 2 heteroatoms. The van der Waals surface area contributed by atoms with Crippen LogP contribution in [0, 0.1) is 11.3 Å². The van der Waals surface area contributed by atoms with Crippen LogP contribution in [0.3, 0.4) is 0 Å². The van der Waals surface area contributed by atoms with Gasteiger partial charge < -0.3 is 5.73 Å². The van der Waals surface area contributed by atoms with E-state index in [4.69, 9.17) is 4.79 Å². The molecule has 0 saturated heterocycles. The third kappa shape index (κ3) is 5.67. The topological polar surface area (TPSA) is 43.1 Å². The summed E-state index contributed by atoms with van der Waals surface area (Å²) >= 11 is 0. The number of carbonyl (C=O) groups excluding carboxylic acids is 1. The van der Waals surface area contributed by atoms with Crippen molar-refractivity contribution in [3.8, 4) is 0 Å². The maximum Gasteiger partial charge on any atom is 0.204 e. The first kappa shape index (κ1) is 12.5. The lowest BCUT2D eigenvalue weighted by Crippen LogP contribution is -2.22. The average molecular weight is 185 g/mol. The number of hydrogen-bond acceptors (Lipinski definition) is 1. The summed E-state index contributed by atoms with van der Waals surface area (Å²) in [5.41, 5.74) is 4.74. The van der Waals surface area contributed by atoms with Crippen LogP contribution in [0.15, 0.2) is 0 Å². The van der Waals surface area contributed by atoms with Crippen molar-refractivity contribution >= 4 is 6.41 Å². The van der Waals surface area contributed by atoms with Crippen LogP contribution in [0.25, 0.3) is 0 Å². The molecular formula is C11H23NO. The van der Waals surface area contributed by atoms with Crippen LogP contribution in [0.5, 0.6) is 0 Å². The van der Waals surface area contributed by atoms with Crippen molar-refractivity contribution in [2.45, 2.75) is 52.9 Å². The molecule has 0 aromatic rings. The highest BCUT2D eigenvalue weighted by Gasteiger charge is 2.25. The van der Waals surface area contributed by atoms with Gasteiger partial charge in [0.25, 0.3) is 0 Å². The summed E-state index contributed by atoms with van der Waals surface area (Å²) in [6, 6.07) is 0. The highest BCUT2D eigenvalue weighted by Crippen LogP contribution is 2.37. The van der Waals surface area contributed by atoms with Crippen LogP contribution in [0.2, 0.25) is 0 Å². The number of carbonyl (C=O) groups is 1. The molecule has 0 atom stereocenters. The molecule has 0 aromatic heterocycles. The summed E-state index contributed by atoms with van der Waals surface area (Å²) in [5, 5.41) is 0. The highest BCUT2D eigenvalue weighted by molar-refractivity contribution is 5.42. The first-order valence-electron chi connectivity index (χ1n) is 5.17. The zero-order valence-electron chi connectivity index (χ0n) is 9.18. The zero-order chi connectivity index (χ0) is 10.3. The molecule has 1 amide bonds. The molecule has 1 saturated carbocycles. The van der Waals surface area contributed by atoms with Gasteiger partial charge in [0.2, 0.25) is 6.41 Å². The van der Waals surface area contributed by atoms with E-state index in [2.05, 4.69) is 26.5 Å². The lowest BCUT2D eigenvalue weighted by molar-refractivity contribution is -0.106. The van der Waals surface area contributed by atoms with Gasteiger partial charge >= 0.3 is 0 Å². The van der Waals surface area contributed by atoms with Crippen molar-refractivity contribution in [2.24, 2.45) is 17.1 Å². The molecule has 0 heterocycles. The molecule has 0 spiro atoms. The van der Waals surface area contributed by atoms with Crippen molar-refractivity contribution in [1.82, 2.24) is 0 Å². The van der Waals surface area contributed by atoms with Crippen LogP contribution in [0.4, 0.5) is 0 Å². The summed E-state index contributed by atoms with van der Waals surface area (Å²) in [4.78, 5) is 8.58. The van der Waals surface area contributed by atoms with Crippen molar-refractivity contribution in [3.63, 3.8) is 0 Å². The largest absolute Gasteiger partial charge is 0.372 e. The van der Waals surface area contributed by atoms with E-state index in [0.717, 1.165) is 5.92 Å². The van der Waals surface area contributed by atoms with E-state index in [1.165, 1.54) is 32.1 Å². The van der Waals surface area contributed by atoms with Gasteiger partial charge in [0.15, 0.2) is 0 Å². The Bertz CT molecular complexity index is 132. The van der Waals surface area contributed by atoms with E-state index in [9.17, 15) is 0 Å². The summed E-state index contributed by atoms with van der Waals surface area (Å²) in [5.74, 6) is 1.00. The van der Waals surface area contributed by atoms with Gasteiger partial charge in [-0.05, 0) is 24.2 Å². The Morgan fingerprint density at radius 3 is 1.77 bits per heavy atom. The predicted octanol–water partition coefficient (Wildman–Crippen LogP) is 2.71. The third-order valence-corrected chi connectivity index (χ3v) is 2.83. The minimum Gasteiger partial charge on any atom is -0.372 e. The number of amides is 1. The monoisotopic (exact) mass is 185 g/mol. The van der Waals surface area contributed by atoms with Crippen molar-refractivity contribution in [3.05, 3.63) is 0 Å². The van der Waals surface area contributed by atoms with E-state index in [-0.39, 0.29) is 6.41 Å². The summed E-state index contributed by atoms with van der Waals surface area (Å²) in [7, 11) is 0. The molecule has 0 aromatic carbocycles. The molecule has 0 bridgehead atoms. The fourth-order valence-corrected chi connectivity index (χ4v) is 1.97. The Morgan fingerprint density at radius 1 is 1.15 bits per heavy atom. The molecule has 78 valence electrons. The van der Waals surface area contributed by atoms with Gasteiger partial charge in [-0.3, -0.25) is 4.79 Å². The molecule has 1 aliphatic rings. The molecule has 13 heavy (non-hydrogen) atoms.